The van der Waals surface area contributed by atoms with Crippen LogP contribution in [-0.2, 0) is 11.2 Å². The highest BCUT2D eigenvalue weighted by Gasteiger charge is 2.34. The van der Waals surface area contributed by atoms with Gasteiger partial charge in [0, 0.05) is 29.6 Å². The van der Waals surface area contributed by atoms with Crippen molar-refractivity contribution in [1.29, 1.82) is 0 Å². The predicted octanol–water partition coefficient (Wildman–Crippen LogP) is 5.31. The van der Waals surface area contributed by atoms with Gasteiger partial charge in [-0.25, -0.2) is 4.39 Å². The van der Waals surface area contributed by atoms with Crippen molar-refractivity contribution in [3.05, 3.63) is 75.7 Å². The van der Waals surface area contributed by atoms with E-state index in [-0.39, 0.29) is 43.6 Å². The van der Waals surface area contributed by atoms with Gasteiger partial charge in [-0.2, -0.15) is 0 Å². The van der Waals surface area contributed by atoms with Crippen molar-refractivity contribution in [2.45, 2.75) is 32.7 Å². The summed E-state index contributed by atoms with van der Waals surface area (Å²) in [7, 11) is 0. The number of nitrogens with zero attached hydrogens (tertiary/aromatic N) is 2. The molecule has 9 heteroatoms. The largest absolute Gasteiger partial charge is 0.491 e. The molecule has 2 aliphatic heterocycles. The Morgan fingerprint density at radius 3 is 2.82 bits per heavy atom. The average Bonchev–Trinajstić information content (AvgIpc) is 3.58. The molecule has 5 rings (SSSR count). The lowest BCUT2D eigenvalue weighted by molar-refractivity contribution is -0.135. The molecule has 2 amide bonds. The fraction of sp³-hybridized carbons (Fsp3) is 0.379. The van der Waals surface area contributed by atoms with E-state index in [1.165, 1.54) is 17.0 Å². The first kappa shape index (κ1) is 26.0. The molecule has 38 heavy (non-hydrogen) atoms. The fourth-order valence-electron chi connectivity index (χ4n) is 4.74. The van der Waals surface area contributed by atoms with Crippen LogP contribution >= 0.6 is 11.3 Å². The fourth-order valence-corrected chi connectivity index (χ4v) is 5.67. The van der Waals surface area contributed by atoms with E-state index in [9.17, 15) is 14.0 Å². The van der Waals surface area contributed by atoms with E-state index < -0.39 is 0 Å². The smallest absolute Gasteiger partial charge is 0.254 e. The molecular formula is C29H31FN2O5S. The minimum absolute atomic E-state index is 0.0457. The number of fused-ring (bicyclic) bond motifs is 2. The van der Waals surface area contributed by atoms with Gasteiger partial charge in [0.05, 0.1) is 6.04 Å². The van der Waals surface area contributed by atoms with E-state index in [2.05, 4.69) is 13.8 Å². The number of ether oxygens (including phenoxy) is 3. The second-order valence-electron chi connectivity index (χ2n) is 9.90. The van der Waals surface area contributed by atoms with Crippen LogP contribution in [0.25, 0.3) is 0 Å². The van der Waals surface area contributed by atoms with Crippen molar-refractivity contribution in [1.82, 2.24) is 9.80 Å². The van der Waals surface area contributed by atoms with Crippen molar-refractivity contribution in [3.8, 4) is 17.2 Å². The zero-order valence-corrected chi connectivity index (χ0v) is 22.3. The van der Waals surface area contributed by atoms with Crippen LogP contribution in [0.3, 0.4) is 0 Å². The van der Waals surface area contributed by atoms with E-state index in [1.54, 1.807) is 51.5 Å². The molecule has 0 fully saturated rings. The Morgan fingerprint density at radius 2 is 2.00 bits per heavy atom. The molecule has 3 heterocycles. The standard InChI is InChI=1S/C29H31FN2O5S/c1-19(2)8-11-31(29(34)20-6-7-25-26(14-20)37-18-36-25)16-28(33)32-12-9-27-23(10-13-38-27)24(32)17-35-22-5-3-4-21(30)15-22/h3-7,10,13-15,19,24H,8-9,11-12,16-18H2,1-2H3/t24-/m1/s1. The highest BCUT2D eigenvalue weighted by atomic mass is 32.1. The van der Waals surface area contributed by atoms with Crippen molar-refractivity contribution >= 4 is 23.2 Å². The van der Waals surface area contributed by atoms with Gasteiger partial charge in [-0.15, -0.1) is 11.3 Å². The normalized spacial score (nSPS) is 15.9. The van der Waals surface area contributed by atoms with Gasteiger partial charge < -0.3 is 24.0 Å². The summed E-state index contributed by atoms with van der Waals surface area (Å²) in [5, 5.41) is 2.02. The molecule has 1 aromatic heterocycles. The average molecular weight is 539 g/mol. The molecule has 0 N–H and O–H groups in total. The monoisotopic (exact) mass is 538 g/mol. The molecule has 200 valence electrons. The summed E-state index contributed by atoms with van der Waals surface area (Å²) in [6, 6.07) is 12.8. The molecule has 0 spiro atoms. The summed E-state index contributed by atoms with van der Waals surface area (Å²) >= 11 is 1.66. The Kier molecular flexibility index (Phi) is 7.83. The van der Waals surface area contributed by atoms with Crippen molar-refractivity contribution in [2.24, 2.45) is 5.92 Å². The molecule has 2 aliphatic rings. The number of carbonyl (C=O) groups excluding carboxylic acids is 2. The zero-order chi connectivity index (χ0) is 26.6. The zero-order valence-electron chi connectivity index (χ0n) is 21.5. The van der Waals surface area contributed by atoms with Crippen LogP contribution in [0.5, 0.6) is 17.2 Å². The van der Waals surface area contributed by atoms with Crippen LogP contribution in [0.4, 0.5) is 4.39 Å². The lowest BCUT2D eigenvalue weighted by Gasteiger charge is -2.37. The van der Waals surface area contributed by atoms with Gasteiger partial charge >= 0.3 is 0 Å². The van der Waals surface area contributed by atoms with Crippen LogP contribution in [0.15, 0.2) is 53.9 Å². The third-order valence-electron chi connectivity index (χ3n) is 6.83. The molecule has 0 saturated heterocycles. The lowest BCUT2D eigenvalue weighted by atomic mass is 10.00. The van der Waals surface area contributed by atoms with Gasteiger partial charge in [0.25, 0.3) is 5.91 Å². The summed E-state index contributed by atoms with van der Waals surface area (Å²) in [4.78, 5) is 31.9. The maximum Gasteiger partial charge on any atom is 0.254 e. The van der Waals surface area contributed by atoms with Crippen molar-refractivity contribution in [3.63, 3.8) is 0 Å². The second kappa shape index (κ2) is 11.4. The summed E-state index contributed by atoms with van der Waals surface area (Å²) in [5.74, 6) is 1.17. The topological polar surface area (TPSA) is 68.3 Å². The molecule has 0 aliphatic carbocycles. The van der Waals surface area contributed by atoms with Crippen LogP contribution in [0.2, 0.25) is 0 Å². The highest BCUT2D eigenvalue weighted by Crippen LogP contribution is 2.35. The summed E-state index contributed by atoms with van der Waals surface area (Å²) in [6.07, 6.45) is 1.52. The molecule has 0 saturated carbocycles. The molecule has 0 bridgehead atoms. The predicted molar refractivity (Wildman–Crippen MR) is 142 cm³/mol. The molecule has 0 radical (unpaired) electrons. The Balaban J connectivity index is 1.35. The van der Waals surface area contributed by atoms with E-state index in [0.29, 0.717) is 41.8 Å². The first-order valence-corrected chi connectivity index (χ1v) is 13.7. The molecule has 0 unspecified atom stereocenters. The number of rotatable bonds is 9. The molecule has 1 atom stereocenters. The maximum absolute atomic E-state index is 13.8. The Labute approximate surface area is 225 Å². The van der Waals surface area contributed by atoms with Crippen LogP contribution < -0.4 is 14.2 Å². The number of halogens is 1. The Hall–Kier alpha value is -3.59. The Bertz CT molecular complexity index is 1310. The van der Waals surface area contributed by atoms with Crippen LogP contribution in [0.1, 0.15) is 47.1 Å². The van der Waals surface area contributed by atoms with Gasteiger partial charge in [0.1, 0.15) is 24.7 Å². The Morgan fingerprint density at radius 1 is 1.16 bits per heavy atom. The van der Waals surface area contributed by atoms with E-state index in [0.717, 1.165) is 18.4 Å². The molecule has 7 nitrogen and oxygen atoms in total. The minimum Gasteiger partial charge on any atom is -0.491 e. The molecule has 2 aromatic carbocycles. The summed E-state index contributed by atoms with van der Waals surface area (Å²) in [6.45, 7) is 5.44. The number of hydrogen-bond donors (Lipinski definition) is 0. The highest BCUT2D eigenvalue weighted by molar-refractivity contribution is 7.10. The number of carbonyl (C=O) groups is 2. The number of amides is 2. The number of thiophene rings is 1. The van der Waals surface area contributed by atoms with Crippen molar-refractivity contribution < 1.29 is 28.2 Å². The number of benzene rings is 2. The molecular weight excluding hydrogens is 507 g/mol. The molecule has 3 aromatic rings. The quantitative estimate of drug-likeness (QED) is 0.370. The first-order chi connectivity index (χ1) is 18.4. The van der Waals surface area contributed by atoms with Gasteiger partial charge in [0.15, 0.2) is 11.5 Å². The SMILES string of the molecule is CC(C)CCN(CC(=O)N1CCc2sccc2[C@H]1COc1cccc(F)c1)C(=O)c1ccc2c(c1)OCO2. The second-order valence-corrected chi connectivity index (χ2v) is 10.9. The summed E-state index contributed by atoms with van der Waals surface area (Å²) < 4.78 is 30.5. The summed E-state index contributed by atoms with van der Waals surface area (Å²) in [5.41, 5.74) is 1.50. The number of hydrogen-bond acceptors (Lipinski definition) is 6. The minimum atomic E-state index is -0.377. The van der Waals surface area contributed by atoms with E-state index in [1.807, 2.05) is 11.4 Å². The van der Waals surface area contributed by atoms with Crippen molar-refractivity contribution in [2.75, 3.05) is 33.0 Å². The van der Waals surface area contributed by atoms with Gasteiger partial charge in [-0.05, 0) is 66.1 Å². The first-order valence-electron chi connectivity index (χ1n) is 12.8. The third kappa shape index (κ3) is 5.78. The lowest BCUT2D eigenvalue weighted by Crippen LogP contribution is -2.48. The van der Waals surface area contributed by atoms with Crippen LogP contribution in [0, 0.1) is 11.7 Å². The van der Waals surface area contributed by atoms with E-state index >= 15 is 0 Å². The van der Waals surface area contributed by atoms with Gasteiger partial charge in [-0.1, -0.05) is 19.9 Å². The third-order valence-corrected chi connectivity index (χ3v) is 7.82. The van der Waals surface area contributed by atoms with Crippen LogP contribution in [-0.4, -0.2) is 54.6 Å². The van der Waals surface area contributed by atoms with E-state index in [4.69, 9.17) is 14.2 Å². The van der Waals surface area contributed by atoms with Gasteiger partial charge in [0.2, 0.25) is 12.7 Å². The maximum atomic E-state index is 13.8. The van der Waals surface area contributed by atoms with Gasteiger partial charge in [-0.3, -0.25) is 9.59 Å².